The summed E-state index contributed by atoms with van der Waals surface area (Å²) >= 11 is 3.30. The normalized spacial score (nSPS) is 11.3. The number of thiophene rings is 2. The van der Waals surface area contributed by atoms with E-state index in [9.17, 15) is 0 Å². The van der Waals surface area contributed by atoms with Crippen molar-refractivity contribution >= 4 is 43.1 Å². The molecule has 4 heterocycles. The molecule has 150 valence electrons. The molecule has 0 unspecified atom stereocenters. The Morgan fingerprint density at radius 1 is 0.600 bits per heavy atom. The van der Waals surface area contributed by atoms with Crippen LogP contribution in [0, 0.1) is 27.7 Å². The molecule has 1 aromatic carbocycles. The monoisotopic (exact) mass is 434 g/mol. The Morgan fingerprint density at radius 3 is 1.40 bits per heavy atom. The Bertz CT molecular complexity index is 1280. The molecule has 8 heteroatoms. The Hall–Kier alpha value is -3.10. The number of ether oxygens (including phenoxy) is 2. The van der Waals surface area contributed by atoms with E-state index in [1.165, 1.54) is 22.4 Å². The van der Waals surface area contributed by atoms with E-state index in [1.54, 1.807) is 22.7 Å². The molecule has 0 saturated heterocycles. The lowest BCUT2D eigenvalue weighted by atomic mass is 10.2. The molecular weight excluding hydrogens is 416 g/mol. The molecule has 0 spiro atoms. The lowest BCUT2D eigenvalue weighted by Crippen LogP contribution is -1.92. The van der Waals surface area contributed by atoms with Crippen molar-refractivity contribution in [3.63, 3.8) is 0 Å². The summed E-state index contributed by atoms with van der Waals surface area (Å²) in [6.07, 6.45) is 3.08. The Balaban J connectivity index is 1.42. The van der Waals surface area contributed by atoms with Crippen molar-refractivity contribution in [3.05, 3.63) is 57.8 Å². The highest BCUT2D eigenvalue weighted by Gasteiger charge is 2.15. The minimum Gasteiger partial charge on any atom is -0.438 e. The molecule has 0 N–H and O–H groups in total. The maximum atomic E-state index is 6.06. The third-order valence-corrected chi connectivity index (χ3v) is 7.34. The topological polar surface area (TPSA) is 70.0 Å². The third kappa shape index (κ3) is 3.18. The number of aromatic nitrogens is 4. The summed E-state index contributed by atoms with van der Waals surface area (Å²) in [5.74, 6) is 2.50. The fourth-order valence-corrected chi connectivity index (χ4v) is 5.23. The third-order valence-electron chi connectivity index (χ3n) is 5.11. The van der Waals surface area contributed by atoms with Crippen LogP contribution in [-0.4, -0.2) is 19.9 Å². The molecule has 0 radical (unpaired) electrons. The second-order valence-electron chi connectivity index (χ2n) is 6.96. The van der Waals surface area contributed by atoms with Gasteiger partial charge in [-0.15, -0.1) is 22.7 Å². The van der Waals surface area contributed by atoms with E-state index >= 15 is 0 Å². The van der Waals surface area contributed by atoms with Crippen LogP contribution in [0.5, 0.6) is 23.3 Å². The van der Waals surface area contributed by atoms with Crippen LogP contribution in [-0.2, 0) is 0 Å². The van der Waals surface area contributed by atoms with Gasteiger partial charge >= 0.3 is 0 Å². The first-order chi connectivity index (χ1) is 14.5. The zero-order valence-corrected chi connectivity index (χ0v) is 18.5. The average Bonchev–Trinajstić information content (AvgIpc) is 3.20. The second kappa shape index (κ2) is 7.30. The smallest absolute Gasteiger partial charge is 0.231 e. The Kier molecular flexibility index (Phi) is 4.60. The van der Waals surface area contributed by atoms with Gasteiger partial charge in [0, 0.05) is 9.75 Å². The van der Waals surface area contributed by atoms with E-state index in [0.29, 0.717) is 23.3 Å². The second-order valence-corrected chi connectivity index (χ2v) is 9.37. The van der Waals surface area contributed by atoms with Crippen molar-refractivity contribution in [2.75, 3.05) is 0 Å². The first-order valence-corrected chi connectivity index (χ1v) is 11.0. The number of benzene rings is 1. The first-order valence-electron chi connectivity index (χ1n) is 9.38. The summed E-state index contributed by atoms with van der Waals surface area (Å²) in [6, 6.07) is 7.45. The molecular formula is C22H18N4O2S2. The summed E-state index contributed by atoms with van der Waals surface area (Å²) in [4.78, 5) is 21.7. The van der Waals surface area contributed by atoms with Gasteiger partial charge in [-0.25, -0.2) is 19.9 Å². The fraction of sp³-hybridized carbons (Fsp3) is 0.182. The van der Waals surface area contributed by atoms with Crippen molar-refractivity contribution < 1.29 is 9.47 Å². The number of nitrogens with zero attached hydrogens (tertiary/aromatic N) is 4. The van der Waals surface area contributed by atoms with Crippen molar-refractivity contribution in [2.24, 2.45) is 0 Å². The van der Waals surface area contributed by atoms with Gasteiger partial charge in [-0.1, -0.05) is 0 Å². The van der Waals surface area contributed by atoms with E-state index in [4.69, 9.17) is 9.47 Å². The quantitative estimate of drug-likeness (QED) is 0.321. The minimum atomic E-state index is 0.567. The summed E-state index contributed by atoms with van der Waals surface area (Å²) in [5, 5.41) is 1.93. The fourth-order valence-electron chi connectivity index (χ4n) is 3.25. The Labute approximate surface area is 181 Å². The van der Waals surface area contributed by atoms with Crippen LogP contribution in [0.4, 0.5) is 0 Å². The van der Waals surface area contributed by atoms with Gasteiger partial charge in [-0.3, -0.25) is 0 Å². The molecule has 0 saturated carbocycles. The maximum absolute atomic E-state index is 6.06. The van der Waals surface area contributed by atoms with Crippen LogP contribution >= 0.6 is 22.7 Å². The van der Waals surface area contributed by atoms with E-state index < -0.39 is 0 Å². The zero-order chi connectivity index (χ0) is 20.8. The SMILES string of the molecule is Cc1sc2ncnc(Oc3ccc(Oc4ncnc5sc(C)c(C)c45)cc3)c2c1C. The van der Waals surface area contributed by atoms with E-state index in [-0.39, 0.29) is 0 Å². The number of hydrogen-bond acceptors (Lipinski definition) is 8. The van der Waals surface area contributed by atoms with Crippen LogP contribution in [0.15, 0.2) is 36.9 Å². The molecule has 30 heavy (non-hydrogen) atoms. The highest BCUT2D eigenvalue weighted by atomic mass is 32.1. The zero-order valence-electron chi connectivity index (χ0n) is 16.9. The molecule has 0 atom stereocenters. The predicted octanol–water partition coefficient (Wildman–Crippen LogP) is 6.51. The van der Waals surface area contributed by atoms with Crippen LogP contribution in [0.1, 0.15) is 20.9 Å². The highest BCUT2D eigenvalue weighted by molar-refractivity contribution is 7.19. The summed E-state index contributed by atoms with van der Waals surface area (Å²) in [6.45, 7) is 8.30. The molecule has 5 rings (SSSR count). The highest BCUT2D eigenvalue weighted by Crippen LogP contribution is 2.38. The average molecular weight is 435 g/mol. The van der Waals surface area contributed by atoms with E-state index in [2.05, 4.69) is 47.6 Å². The number of rotatable bonds is 4. The van der Waals surface area contributed by atoms with E-state index in [0.717, 1.165) is 31.6 Å². The molecule has 5 aromatic rings. The first kappa shape index (κ1) is 18.9. The molecule has 0 aliphatic heterocycles. The number of hydrogen-bond donors (Lipinski definition) is 0. The van der Waals surface area contributed by atoms with Crippen LogP contribution in [0.25, 0.3) is 20.4 Å². The van der Waals surface area contributed by atoms with E-state index in [1.807, 2.05) is 24.3 Å². The lowest BCUT2D eigenvalue weighted by Gasteiger charge is -2.09. The largest absolute Gasteiger partial charge is 0.438 e. The van der Waals surface area contributed by atoms with Crippen molar-refractivity contribution in [3.8, 4) is 23.3 Å². The van der Waals surface area contributed by atoms with Crippen molar-refractivity contribution in [2.45, 2.75) is 27.7 Å². The van der Waals surface area contributed by atoms with Gasteiger partial charge in [0.15, 0.2) is 0 Å². The van der Waals surface area contributed by atoms with Gasteiger partial charge in [-0.2, -0.15) is 0 Å². The number of fused-ring (bicyclic) bond motifs is 2. The van der Waals surface area contributed by atoms with Crippen molar-refractivity contribution in [1.82, 2.24) is 19.9 Å². The summed E-state index contributed by atoms with van der Waals surface area (Å²) in [7, 11) is 0. The van der Waals surface area contributed by atoms with Gasteiger partial charge < -0.3 is 9.47 Å². The van der Waals surface area contributed by atoms with Gasteiger partial charge in [-0.05, 0) is 63.1 Å². The Morgan fingerprint density at radius 2 is 1.00 bits per heavy atom. The molecule has 0 fully saturated rings. The molecule has 0 amide bonds. The van der Waals surface area contributed by atoms with Crippen LogP contribution in [0.3, 0.4) is 0 Å². The van der Waals surface area contributed by atoms with Crippen LogP contribution < -0.4 is 9.47 Å². The van der Waals surface area contributed by atoms with Gasteiger partial charge in [0.05, 0.1) is 10.8 Å². The lowest BCUT2D eigenvalue weighted by molar-refractivity contribution is 0.455. The van der Waals surface area contributed by atoms with Crippen LogP contribution in [0.2, 0.25) is 0 Å². The number of aryl methyl sites for hydroxylation is 4. The molecule has 4 aromatic heterocycles. The minimum absolute atomic E-state index is 0.567. The van der Waals surface area contributed by atoms with Gasteiger partial charge in [0.2, 0.25) is 11.8 Å². The standard InChI is InChI=1S/C22H18N4O2S2/c1-11-13(3)29-21-17(11)19(23-9-25-21)27-15-5-7-16(8-6-15)28-20-18-12(2)14(4)30-22(18)26-10-24-20/h5-10H,1-4H3. The maximum Gasteiger partial charge on any atom is 0.231 e. The molecule has 0 bridgehead atoms. The molecule has 6 nitrogen and oxygen atoms in total. The predicted molar refractivity (Wildman–Crippen MR) is 120 cm³/mol. The molecule has 0 aliphatic carbocycles. The summed E-state index contributed by atoms with van der Waals surface area (Å²) in [5.41, 5.74) is 2.31. The summed E-state index contributed by atoms with van der Waals surface area (Å²) < 4.78 is 12.1. The van der Waals surface area contributed by atoms with Crippen molar-refractivity contribution in [1.29, 1.82) is 0 Å². The van der Waals surface area contributed by atoms with Gasteiger partial charge in [0.25, 0.3) is 0 Å². The van der Waals surface area contributed by atoms with Gasteiger partial charge in [0.1, 0.15) is 33.8 Å². The molecule has 0 aliphatic rings.